The number of phenols is 1. The third kappa shape index (κ3) is 2.43. The molecule has 0 saturated heterocycles. The summed E-state index contributed by atoms with van der Waals surface area (Å²) in [6, 6.07) is 5.89. The molecule has 4 atom stereocenters. The molecule has 4 nitrogen and oxygen atoms in total. The van der Waals surface area contributed by atoms with Crippen LogP contribution in [-0.2, 0) is 18.3 Å². The second kappa shape index (κ2) is 6.07. The van der Waals surface area contributed by atoms with Crippen LogP contribution in [0.1, 0.15) is 60.9 Å². The van der Waals surface area contributed by atoms with E-state index in [0.29, 0.717) is 29.3 Å². The number of aromatic nitrogens is 2. The van der Waals surface area contributed by atoms with Gasteiger partial charge in [-0.3, -0.25) is 9.48 Å². The van der Waals surface area contributed by atoms with Gasteiger partial charge in [0.1, 0.15) is 5.75 Å². The molecule has 1 aromatic heterocycles. The van der Waals surface area contributed by atoms with Crippen molar-refractivity contribution in [3.05, 3.63) is 52.4 Å². The molecular formula is C24H28N2O2. The number of benzene rings is 1. The summed E-state index contributed by atoms with van der Waals surface area (Å²) in [5.41, 5.74) is 5.64. The summed E-state index contributed by atoms with van der Waals surface area (Å²) in [6.45, 7) is 4.26. The van der Waals surface area contributed by atoms with Gasteiger partial charge in [0.05, 0.1) is 6.20 Å². The van der Waals surface area contributed by atoms with Crippen LogP contribution < -0.4 is 0 Å². The molecule has 0 aliphatic heterocycles. The zero-order chi connectivity index (χ0) is 19.6. The molecule has 2 saturated carbocycles. The Balaban J connectivity index is 1.50. The largest absolute Gasteiger partial charge is 0.508 e. The standard InChI is InChI=1S/C24H28N2O2/c1-14-17(13-25-26(14)3)10-16-12-22-21-6-4-15-11-18(27)5-7-19(15)20(21)8-9-24(22,2)23(16)28/h5,7,10-11,13,20-22,27H,4,6,8-9,12H2,1-3H3/b16-10-/t20-,21+,22+,24+/m0/s1. The normalized spacial score (nSPS) is 32.9. The van der Waals surface area contributed by atoms with Crippen LogP contribution in [0.5, 0.6) is 5.75 Å². The number of hydrogen-bond acceptors (Lipinski definition) is 3. The summed E-state index contributed by atoms with van der Waals surface area (Å²) < 4.78 is 1.87. The van der Waals surface area contributed by atoms with Crippen molar-refractivity contribution in [2.24, 2.45) is 24.3 Å². The van der Waals surface area contributed by atoms with Crippen molar-refractivity contribution >= 4 is 11.9 Å². The number of ketones is 1. The Morgan fingerprint density at radius 2 is 2.14 bits per heavy atom. The Hall–Kier alpha value is -2.36. The number of carbonyl (C=O) groups excluding carboxylic acids is 1. The molecule has 5 rings (SSSR count). The molecule has 0 bridgehead atoms. The maximum atomic E-state index is 13.4. The van der Waals surface area contributed by atoms with Gasteiger partial charge in [-0.05, 0) is 91.7 Å². The van der Waals surface area contributed by atoms with E-state index in [9.17, 15) is 9.90 Å². The summed E-state index contributed by atoms with van der Waals surface area (Å²) in [7, 11) is 1.94. The number of carbonyl (C=O) groups is 1. The molecule has 4 heteroatoms. The first-order valence-corrected chi connectivity index (χ1v) is 10.4. The van der Waals surface area contributed by atoms with Crippen LogP contribution in [0, 0.1) is 24.2 Å². The summed E-state index contributed by atoms with van der Waals surface area (Å²) in [6.07, 6.45) is 9.00. The van der Waals surface area contributed by atoms with Crippen LogP contribution in [0.4, 0.5) is 0 Å². The average molecular weight is 377 g/mol. The molecule has 1 heterocycles. The predicted octanol–water partition coefficient (Wildman–Crippen LogP) is 4.55. The fraction of sp³-hybridized carbons (Fsp3) is 0.500. The number of hydrogen-bond donors (Lipinski definition) is 1. The van der Waals surface area contributed by atoms with Crippen LogP contribution in [0.15, 0.2) is 30.0 Å². The van der Waals surface area contributed by atoms with Gasteiger partial charge < -0.3 is 5.11 Å². The quantitative estimate of drug-likeness (QED) is 0.743. The molecule has 0 amide bonds. The lowest BCUT2D eigenvalue weighted by molar-refractivity contribution is -0.127. The molecule has 3 aliphatic rings. The Labute approximate surface area is 166 Å². The van der Waals surface area contributed by atoms with Crippen molar-refractivity contribution in [2.75, 3.05) is 0 Å². The molecule has 2 aromatic rings. The monoisotopic (exact) mass is 376 g/mol. The third-order valence-corrected chi connectivity index (χ3v) is 7.95. The van der Waals surface area contributed by atoms with Gasteiger partial charge in [0.2, 0.25) is 0 Å². The number of fused-ring (bicyclic) bond motifs is 5. The van der Waals surface area contributed by atoms with E-state index in [4.69, 9.17) is 0 Å². The van der Waals surface area contributed by atoms with Crippen LogP contribution in [0.25, 0.3) is 6.08 Å². The lowest BCUT2D eigenvalue weighted by atomic mass is 9.55. The lowest BCUT2D eigenvalue weighted by Crippen LogP contribution is -2.42. The van der Waals surface area contributed by atoms with Gasteiger partial charge in [0.15, 0.2) is 5.78 Å². The van der Waals surface area contributed by atoms with Crippen LogP contribution in [0.3, 0.4) is 0 Å². The predicted molar refractivity (Wildman–Crippen MR) is 109 cm³/mol. The lowest BCUT2D eigenvalue weighted by Gasteiger charge is -2.48. The number of rotatable bonds is 1. The van der Waals surface area contributed by atoms with E-state index in [1.165, 1.54) is 11.1 Å². The number of aryl methyl sites for hydroxylation is 2. The smallest absolute Gasteiger partial charge is 0.165 e. The van der Waals surface area contributed by atoms with Crippen molar-refractivity contribution in [2.45, 2.75) is 51.9 Å². The number of aromatic hydroxyl groups is 1. The first kappa shape index (κ1) is 17.7. The highest BCUT2D eigenvalue weighted by atomic mass is 16.3. The van der Waals surface area contributed by atoms with E-state index in [2.05, 4.69) is 31.1 Å². The van der Waals surface area contributed by atoms with Crippen molar-refractivity contribution < 1.29 is 9.90 Å². The van der Waals surface area contributed by atoms with Gasteiger partial charge in [-0.25, -0.2) is 0 Å². The number of phenolic OH excluding ortho intramolecular Hbond substituents is 1. The third-order valence-electron chi connectivity index (χ3n) is 7.95. The van der Waals surface area contributed by atoms with Crippen LogP contribution in [-0.4, -0.2) is 20.7 Å². The molecule has 146 valence electrons. The number of nitrogens with zero attached hydrogens (tertiary/aromatic N) is 2. The van der Waals surface area contributed by atoms with E-state index < -0.39 is 0 Å². The van der Waals surface area contributed by atoms with Gasteiger partial charge in [0, 0.05) is 23.7 Å². The molecule has 3 aliphatic carbocycles. The zero-order valence-corrected chi connectivity index (χ0v) is 16.9. The van der Waals surface area contributed by atoms with Gasteiger partial charge >= 0.3 is 0 Å². The number of Topliss-reactive ketones (excluding diaryl/α,β-unsaturated/α-hetero) is 1. The molecule has 28 heavy (non-hydrogen) atoms. The van der Waals surface area contributed by atoms with Gasteiger partial charge in [-0.1, -0.05) is 13.0 Å². The fourth-order valence-electron chi connectivity index (χ4n) is 6.21. The van der Waals surface area contributed by atoms with E-state index in [1.54, 1.807) is 0 Å². The molecule has 0 spiro atoms. The highest BCUT2D eigenvalue weighted by molar-refractivity contribution is 6.06. The molecule has 1 N–H and O–H groups in total. The maximum Gasteiger partial charge on any atom is 0.165 e. The van der Waals surface area contributed by atoms with Gasteiger partial charge in [-0.15, -0.1) is 0 Å². The Bertz CT molecular complexity index is 1000. The second-order valence-corrected chi connectivity index (χ2v) is 9.27. The van der Waals surface area contributed by atoms with Crippen LogP contribution in [0.2, 0.25) is 0 Å². The van der Waals surface area contributed by atoms with Crippen molar-refractivity contribution in [3.63, 3.8) is 0 Å². The second-order valence-electron chi connectivity index (χ2n) is 9.27. The van der Waals surface area contributed by atoms with E-state index in [-0.39, 0.29) is 5.41 Å². The molecule has 2 fully saturated rings. The summed E-state index contributed by atoms with van der Waals surface area (Å²) in [4.78, 5) is 13.4. The highest BCUT2D eigenvalue weighted by Crippen LogP contribution is 2.60. The van der Waals surface area contributed by atoms with Crippen molar-refractivity contribution in [3.8, 4) is 5.75 Å². The van der Waals surface area contributed by atoms with Gasteiger partial charge in [0.25, 0.3) is 0 Å². The zero-order valence-electron chi connectivity index (χ0n) is 16.9. The Morgan fingerprint density at radius 3 is 2.89 bits per heavy atom. The fourth-order valence-corrected chi connectivity index (χ4v) is 6.21. The van der Waals surface area contributed by atoms with Crippen molar-refractivity contribution in [1.29, 1.82) is 0 Å². The Kier molecular flexibility index (Phi) is 3.84. The summed E-state index contributed by atoms with van der Waals surface area (Å²) in [5.74, 6) is 2.22. The number of allylic oxidation sites excluding steroid dienone is 1. The first-order chi connectivity index (χ1) is 13.4. The van der Waals surface area contributed by atoms with E-state index in [1.807, 2.05) is 30.1 Å². The minimum Gasteiger partial charge on any atom is -0.508 e. The minimum atomic E-state index is -0.225. The minimum absolute atomic E-state index is 0.225. The average Bonchev–Trinajstić information content (AvgIpc) is 3.13. The van der Waals surface area contributed by atoms with Gasteiger partial charge in [-0.2, -0.15) is 5.10 Å². The van der Waals surface area contributed by atoms with E-state index in [0.717, 1.165) is 48.9 Å². The van der Waals surface area contributed by atoms with Crippen LogP contribution >= 0.6 is 0 Å². The van der Waals surface area contributed by atoms with Crippen molar-refractivity contribution in [1.82, 2.24) is 9.78 Å². The van der Waals surface area contributed by atoms with E-state index >= 15 is 0 Å². The first-order valence-electron chi connectivity index (χ1n) is 10.4. The topological polar surface area (TPSA) is 55.1 Å². The SMILES string of the molecule is Cc1c(/C=C2/C[C@@H]3[C@@H]4CCc5cc(O)ccc5[C@@H]4CC[C@@]3(C)C2=O)cnn1C. The highest BCUT2D eigenvalue weighted by Gasteiger charge is 2.56. The summed E-state index contributed by atoms with van der Waals surface area (Å²) in [5, 5.41) is 14.2. The summed E-state index contributed by atoms with van der Waals surface area (Å²) >= 11 is 0. The molecule has 0 unspecified atom stereocenters. The molecule has 0 radical (unpaired) electrons. The Morgan fingerprint density at radius 1 is 1.32 bits per heavy atom. The molecular weight excluding hydrogens is 348 g/mol. The molecule has 1 aromatic carbocycles. The maximum absolute atomic E-state index is 13.4.